The van der Waals surface area contributed by atoms with Gasteiger partial charge in [0.25, 0.3) is 0 Å². The van der Waals surface area contributed by atoms with Crippen LogP contribution >= 0.6 is 15.9 Å². The maximum Gasteiger partial charge on any atom is 0.317 e. The quantitative estimate of drug-likeness (QED) is 0.808. The summed E-state index contributed by atoms with van der Waals surface area (Å²) in [5, 5.41) is 11.7. The molecule has 0 bridgehead atoms. The molecule has 2 N–H and O–H groups in total. The second kappa shape index (κ2) is 7.63. The second-order valence-electron chi connectivity index (χ2n) is 6.17. The maximum atomic E-state index is 12.1. The Hall–Kier alpha value is -1.56. The molecule has 0 aliphatic heterocycles. The summed E-state index contributed by atoms with van der Waals surface area (Å²) in [7, 11) is 1.60. The zero-order chi connectivity index (χ0) is 16.9. The van der Waals surface area contributed by atoms with E-state index < -0.39 is 11.9 Å². The van der Waals surface area contributed by atoms with Gasteiger partial charge in [0.2, 0.25) is 0 Å². The summed E-state index contributed by atoms with van der Waals surface area (Å²) in [6.07, 6.45) is 0. The normalized spacial score (nSPS) is 12.6. The highest BCUT2D eigenvalue weighted by Gasteiger charge is 2.23. The van der Waals surface area contributed by atoms with Crippen LogP contribution in [0.3, 0.4) is 0 Å². The molecule has 0 heterocycles. The Bertz CT molecular complexity index is 546. The molecule has 1 aromatic carbocycles. The fourth-order valence-electron chi connectivity index (χ4n) is 2.01. The molecule has 0 aromatic heterocycles. The van der Waals surface area contributed by atoms with Crippen LogP contribution in [0.4, 0.5) is 4.79 Å². The Balaban J connectivity index is 2.60. The van der Waals surface area contributed by atoms with E-state index in [1.165, 1.54) is 4.90 Å². The van der Waals surface area contributed by atoms with Crippen LogP contribution < -0.4 is 5.32 Å². The van der Waals surface area contributed by atoms with Crippen LogP contribution in [-0.2, 0) is 10.2 Å². The predicted octanol–water partition coefficient (Wildman–Crippen LogP) is 3.09. The Morgan fingerprint density at radius 3 is 2.59 bits per heavy atom. The van der Waals surface area contributed by atoms with Crippen molar-refractivity contribution >= 4 is 27.9 Å². The minimum absolute atomic E-state index is 0.179. The third kappa shape index (κ3) is 5.33. The van der Waals surface area contributed by atoms with Gasteiger partial charge in [0.1, 0.15) is 0 Å². The molecule has 0 aliphatic rings. The van der Waals surface area contributed by atoms with E-state index in [9.17, 15) is 9.59 Å². The van der Waals surface area contributed by atoms with Crippen molar-refractivity contribution < 1.29 is 14.7 Å². The molecule has 1 rings (SSSR count). The number of benzene rings is 1. The van der Waals surface area contributed by atoms with E-state index in [2.05, 4.69) is 35.1 Å². The number of nitrogens with one attached hydrogen (secondary N) is 1. The average molecular weight is 371 g/mol. The van der Waals surface area contributed by atoms with Crippen LogP contribution in [-0.4, -0.2) is 42.1 Å². The van der Waals surface area contributed by atoms with Crippen molar-refractivity contribution in [2.45, 2.75) is 26.2 Å². The lowest BCUT2D eigenvalue weighted by molar-refractivity contribution is -0.141. The van der Waals surface area contributed by atoms with E-state index in [4.69, 9.17) is 5.11 Å². The van der Waals surface area contributed by atoms with Crippen LogP contribution in [0, 0.1) is 5.92 Å². The minimum Gasteiger partial charge on any atom is -0.481 e. The SMILES string of the molecule is CC(CN(C)C(=O)NCC(C)(C)c1cccc(Br)c1)C(=O)O. The van der Waals surface area contributed by atoms with Gasteiger partial charge in [-0.15, -0.1) is 0 Å². The number of amides is 2. The third-order valence-corrected chi connectivity index (χ3v) is 4.10. The number of carbonyl (C=O) groups excluding carboxylic acids is 1. The number of hydrogen-bond acceptors (Lipinski definition) is 2. The summed E-state index contributed by atoms with van der Waals surface area (Å²) >= 11 is 3.45. The van der Waals surface area contributed by atoms with Crippen molar-refractivity contribution in [3.05, 3.63) is 34.3 Å². The highest BCUT2D eigenvalue weighted by atomic mass is 79.9. The first kappa shape index (κ1) is 18.5. The monoisotopic (exact) mass is 370 g/mol. The van der Waals surface area contributed by atoms with Gasteiger partial charge in [-0.1, -0.05) is 48.8 Å². The van der Waals surface area contributed by atoms with Gasteiger partial charge in [-0.05, 0) is 17.7 Å². The fraction of sp³-hybridized carbons (Fsp3) is 0.500. The average Bonchev–Trinajstić information content (AvgIpc) is 2.44. The first-order valence-corrected chi connectivity index (χ1v) is 7.90. The smallest absolute Gasteiger partial charge is 0.317 e. The lowest BCUT2D eigenvalue weighted by atomic mass is 9.85. The Morgan fingerprint density at radius 1 is 1.41 bits per heavy atom. The molecule has 22 heavy (non-hydrogen) atoms. The third-order valence-electron chi connectivity index (χ3n) is 3.60. The van der Waals surface area contributed by atoms with E-state index in [0.29, 0.717) is 6.54 Å². The zero-order valence-corrected chi connectivity index (χ0v) is 15.0. The Labute approximate surface area is 139 Å². The van der Waals surface area contributed by atoms with Gasteiger partial charge in [-0.3, -0.25) is 4.79 Å². The topological polar surface area (TPSA) is 69.6 Å². The van der Waals surface area contributed by atoms with Gasteiger partial charge in [-0.2, -0.15) is 0 Å². The Morgan fingerprint density at radius 2 is 2.05 bits per heavy atom. The zero-order valence-electron chi connectivity index (χ0n) is 13.4. The van der Waals surface area contributed by atoms with Crippen LogP contribution in [0.15, 0.2) is 28.7 Å². The second-order valence-corrected chi connectivity index (χ2v) is 7.09. The lowest BCUT2D eigenvalue weighted by Gasteiger charge is -2.28. The number of halogens is 1. The molecule has 5 nitrogen and oxygen atoms in total. The summed E-state index contributed by atoms with van der Waals surface area (Å²) in [6.45, 7) is 6.33. The first-order valence-electron chi connectivity index (χ1n) is 7.11. The highest BCUT2D eigenvalue weighted by Crippen LogP contribution is 2.25. The lowest BCUT2D eigenvalue weighted by Crippen LogP contribution is -2.45. The van der Waals surface area contributed by atoms with Crippen molar-refractivity contribution in [2.24, 2.45) is 5.92 Å². The van der Waals surface area contributed by atoms with E-state index in [1.807, 2.05) is 24.3 Å². The minimum atomic E-state index is -0.908. The number of nitrogens with zero attached hydrogens (tertiary/aromatic N) is 1. The summed E-state index contributed by atoms with van der Waals surface area (Å²) in [6, 6.07) is 7.70. The number of carbonyl (C=O) groups is 2. The molecule has 0 spiro atoms. The molecule has 1 aromatic rings. The molecule has 1 atom stereocenters. The van der Waals surface area contributed by atoms with Gasteiger partial charge in [0, 0.05) is 30.0 Å². The molecule has 0 saturated carbocycles. The molecule has 122 valence electrons. The fourth-order valence-corrected chi connectivity index (χ4v) is 2.41. The van der Waals surface area contributed by atoms with Gasteiger partial charge in [-0.25, -0.2) is 4.79 Å². The van der Waals surface area contributed by atoms with Crippen molar-refractivity contribution in [3.63, 3.8) is 0 Å². The van der Waals surface area contributed by atoms with Crippen molar-refractivity contribution in [2.75, 3.05) is 20.1 Å². The summed E-state index contributed by atoms with van der Waals surface area (Å²) in [4.78, 5) is 24.3. The number of urea groups is 1. The highest BCUT2D eigenvalue weighted by molar-refractivity contribution is 9.10. The van der Waals surface area contributed by atoms with E-state index >= 15 is 0 Å². The van der Waals surface area contributed by atoms with Crippen LogP contribution in [0.1, 0.15) is 26.3 Å². The van der Waals surface area contributed by atoms with Gasteiger partial charge in [0.05, 0.1) is 5.92 Å². The number of hydrogen-bond donors (Lipinski definition) is 2. The molecule has 0 saturated heterocycles. The van der Waals surface area contributed by atoms with Gasteiger partial charge < -0.3 is 15.3 Å². The van der Waals surface area contributed by atoms with Crippen molar-refractivity contribution in [3.8, 4) is 0 Å². The van der Waals surface area contributed by atoms with Crippen molar-refractivity contribution in [1.82, 2.24) is 10.2 Å². The summed E-state index contributed by atoms with van der Waals surface area (Å²) in [5.74, 6) is -1.50. The molecule has 0 aliphatic carbocycles. The first-order chi connectivity index (χ1) is 10.1. The molecule has 0 fully saturated rings. The summed E-state index contributed by atoms with van der Waals surface area (Å²) in [5.41, 5.74) is 0.891. The van der Waals surface area contributed by atoms with Gasteiger partial charge in [0.15, 0.2) is 0 Å². The van der Waals surface area contributed by atoms with E-state index in [-0.39, 0.29) is 18.0 Å². The predicted molar refractivity (Wildman–Crippen MR) is 90.0 cm³/mol. The standard InChI is InChI=1S/C16H23BrN2O3/c1-11(14(20)21)9-19(4)15(22)18-10-16(2,3)12-6-5-7-13(17)8-12/h5-8,11H,9-10H2,1-4H3,(H,18,22)(H,20,21). The molecule has 1 unspecified atom stereocenters. The summed E-state index contributed by atoms with van der Waals surface area (Å²) < 4.78 is 0.997. The molecular formula is C16H23BrN2O3. The maximum absolute atomic E-state index is 12.1. The van der Waals surface area contributed by atoms with E-state index in [0.717, 1.165) is 10.0 Å². The number of aliphatic carboxylic acids is 1. The largest absolute Gasteiger partial charge is 0.481 e. The number of carboxylic acids is 1. The van der Waals surface area contributed by atoms with Gasteiger partial charge >= 0.3 is 12.0 Å². The van der Waals surface area contributed by atoms with Crippen LogP contribution in [0.25, 0.3) is 0 Å². The van der Waals surface area contributed by atoms with Crippen LogP contribution in [0.5, 0.6) is 0 Å². The molecule has 0 radical (unpaired) electrons. The number of rotatable bonds is 6. The molecule has 6 heteroatoms. The number of carboxylic acid groups (broad SMARTS) is 1. The van der Waals surface area contributed by atoms with Crippen LogP contribution in [0.2, 0.25) is 0 Å². The van der Waals surface area contributed by atoms with E-state index in [1.54, 1.807) is 14.0 Å². The molecular weight excluding hydrogens is 348 g/mol. The van der Waals surface area contributed by atoms with Crippen molar-refractivity contribution in [1.29, 1.82) is 0 Å². The Kier molecular flexibility index (Phi) is 6.41. The molecule has 2 amide bonds.